The van der Waals surface area contributed by atoms with Gasteiger partial charge in [0, 0.05) is 23.4 Å². The number of halogens is 1. The molecule has 1 N–H and O–H groups in total. The first kappa shape index (κ1) is 12.6. The Morgan fingerprint density at radius 3 is 2.67 bits per heavy atom. The molecule has 1 rings (SSSR count). The number of rotatable bonds is 6. The van der Waals surface area contributed by atoms with Gasteiger partial charge in [-0.3, -0.25) is 0 Å². The van der Waals surface area contributed by atoms with E-state index < -0.39 is 0 Å². The van der Waals surface area contributed by atoms with Crippen molar-refractivity contribution in [3.63, 3.8) is 0 Å². The first-order valence-electron chi connectivity index (χ1n) is 4.84. The number of hydrogen-bond donors (Lipinski definition) is 1. The predicted octanol–water partition coefficient (Wildman–Crippen LogP) is 3.43. The minimum absolute atomic E-state index is 0.344. The fraction of sp³-hybridized carbons (Fsp3) is 0.333. The Balaban J connectivity index is 2.61. The third kappa shape index (κ3) is 4.74. The fourth-order valence-corrected chi connectivity index (χ4v) is 2.08. The van der Waals surface area contributed by atoms with Gasteiger partial charge in [-0.1, -0.05) is 48.5 Å². The van der Waals surface area contributed by atoms with Crippen molar-refractivity contribution in [3.8, 4) is 0 Å². The van der Waals surface area contributed by atoms with Gasteiger partial charge in [-0.15, -0.1) is 0 Å². The molecule has 1 atom stereocenters. The fourth-order valence-electron chi connectivity index (χ4n) is 1.36. The normalized spacial score (nSPS) is 12.4. The number of hydrogen-bond acceptors (Lipinski definition) is 2. The average molecular weight is 242 g/mol. The van der Waals surface area contributed by atoms with Gasteiger partial charge in [-0.05, 0) is 11.8 Å². The van der Waals surface area contributed by atoms with Crippen LogP contribution in [0.15, 0.2) is 41.9 Å². The summed E-state index contributed by atoms with van der Waals surface area (Å²) in [4.78, 5) is 0. The highest BCUT2D eigenvalue weighted by Crippen LogP contribution is 2.17. The Kier molecular flexibility index (Phi) is 5.84. The molecule has 1 nitrogen and oxygen atoms in total. The van der Waals surface area contributed by atoms with Crippen molar-refractivity contribution in [2.45, 2.75) is 6.04 Å². The molecule has 1 aromatic rings. The summed E-state index contributed by atoms with van der Waals surface area (Å²) in [5.74, 6) is 1.04. The average Bonchev–Trinajstić information content (AvgIpc) is 2.25. The molecule has 0 saturated heterocycles. The number of thioether (sulfide) groups is 1. The van der Waals surface area contributed by atoms with Gasteiger partial charge in [0.1, 0.15) is 0 Å². The van der Waals surface area contributed by atoms with Crippen LogP contribution in [0.4, 0.5) is 0 Å². The largest absolute Gasteiger partial charge is 0.304 e. The van der Waals surface area contributed by atoms with Crippen molar-refractivity contribution < 1.29 is 0 Å². The summed E-state index contributed by atoms with van der Waals surface area (Å²) in [6.07, 6.45) is 2.10. The third-order valence-corrected chi connectivity index (χ3v) is 2.88. The molecule has 0 radical (unpaired) electrons. The van der Waals surface area contributed by atoms with E-state index in [-0.39, 0.29) is 0 Å². The van der Waals surface area contributed by atoms with Gasteiger partial charge in [-0.25, -0.2) is 0 Å². The van der Waals surface area contributed by atoms with Gasteiger partial charge in [0.25, 0.3) is 0 Å². The molecule has 15 heavy (non-hydrogen) atoms. The van der Waals surface area contributed by atoms with E-state index in [0.29, 0.717) is 17.6 Å². The second-order valence-electron chi connectivity index (χ2n) is 3.32. The van der Waals surface area contributed by atoms with E-state index in [0.717, 1.165) is 5.75 Å². The van der Waals surface area contributed by atoms with E-state index >= 15 is 0 Å². The van der Waals surface area contributed by atoms with Crippen molar-refractivity contribution in [1.82, 2.24) is 5.32 Å². The first-order valence-corrected chi connectivity index (χ1v) is 6.61. The molecular weight excluding hydrogens is 226 g/mol. The monoisotopic (exact) mass is 241 g/mol. The van der Waals surface area contributed by atoms with Crippen LogP contribution in [0.2, 0.25) is 0 Å². The lowest BCUT2D eigenvalue weighted by molar-refractivity contribution is 0.623. The summed E-state index contributed by atoms with van der Waals surface area (Å²) in [6.45, 7) is 4.33. The number of benzene rings is 1. The van der Waals surface area contributed by atoms with Crippen LogP contribution >= 0.6 is 23.4 Å². The van der Waals surface area contributed by atoms with Crippen LogP contribution in [0.5, 0.6) is 0 Å². The smallest absolute Gasteiger partial charge is 0.0414 e. The third-order valence-electron chi connectivity index (χ3n) is 2.08. The van der Waals surface area contributed by atoms with Crippen molar-refractivity contribution in [2.75, 3.05) is 18.6 Å². The maximum absolute atomic E-state index is 5.75. The van der Waals surface area contributed by atoms with Crippen LogP contribution < -0.4 is 5.32 Å². The molecular formula is C12H16ClNS. The molecule has 1 aromatic carbocycles. The van der Waals surface area contributed by atoms with Gasteiger partial charge < -0.3 is 5.32 Å². The van der Waals surface area contributed by atoms with E-state index in [1.807, 2.05) is 17.8 Å². The zero-order valence-electron chi connectivity index (χ0n) is 8.87. The minimum Gasteiger partial charge on any atom is -0.304 e. The van der Waals surface area contributed by atoms with Crippen LogP contribution in [0.3, 0.4) is 0 Å². The van der Waals surface area contributed by atoms with Crippen molar-refractivity contribution in [2.24, 2.45) is 0 Å². The van der Waals surface area contributed by atoms with Gasteiger partial charge in [0.05, 0.1) is 0 Å². The minimum atomic E-state index is 0.344. The molecule has 0 aliphatic carbocycles. The molecule has 1 unspecified atom stereocenters. The van der Waals surface area contributed by atoms with Crippen molar-refractivity contribution >= 4 is 23.4 Å². The Labute approximate surface area is 101 Å². The molecule has 0 aliphatic heterocycles. The molecule has 3 heteroatoms. The Morgan fingerprint density at radius 1 is 1.47 bits per heavy atom. The van der Waals surface area contributed by atoms with Crippen LogP contribution in [-0.4, -0.2) is 18.6 Å². The predicted molar refractivity (Wildman–Crippen MR) is 70.6 cm³/mol. The lowest BCUT2D eigenvalue weighted by Crippen LogP contribution is -2.24. The quantitative estimate of drug-likeness (QED) is 0.819. The maximum Gasteiger partial charge on any atom is 0.0414 e. The first-order chi connectivity index (χ1) is 7.24. The highest BCUT2D eigenvalue weighted by atomic mass is 35.5. The Bertz CT molecular complexity index is 300. The van der Waals surface area contributed by atoms with Gasteiger partial charge in [0.2, 0.25) is 0 Å². The van der Waals surface area contributed by atoms with Crippen molar-refractivity contribution in [1.29, 1.82) is 0 Å². The summed E-state index contributed by atoms with van der Waals surface area (Å²) < 4.78 is 0. The van der Waals surface area contributed by atoms with Crippen LogP contribution in [-0.2, 0) is 0 Å². The van der Waals surface area contributed by atoms with Gasteiger partial charge >= 0.3 is 0 Å². The summed E-state index contributed by atoms with van der Waals surface area (Å²) in [6, 6.07) is 10.7. The molecule has 0 aliphatic rings. The van der Waals surface area contributed by atoms with Gasteiger partial charge in [0.15, 0.2) is 0 Å². The molecule has 0 aromatic heterocycles. The highest BCUT2D eigenvalue weighted by Gasteiger charge is 2.09. The Morgan fingerprint density at radius 2 is 2.13 bits per heavy atom. The summed E-state index contributed by atoms with van der Waals surface area (Å²) in [5.41, 5.74) is 1.30. The lowest BCUT2D eigenvalue weighted by Gasteiger charge is -2.17. The molecule has 0 amide bonds. The van der Waals surface area contributed by atoms with Gasteiger partial charge in [-0.2, -0.15) is 11.8 Å². The van der Waals surface area contributed by atoms with E-state index in [1.165, 1.54) is 5.56 Å². The zero-order valence-corrected chi connectivity index (χ0v) is 10.4. The van der Waals surface area contributed by atoms with E-state index in [4.69, 9.17) is 11.6 Å². The standard InChI is InChI=1S/C12H16ClNS/c1-10(13)8-14-12(9-15-2)11-6-4-3-5-7-11/h3-7,12,14H,1,8-9H2,2H3. The molecule has 82 valence electrons. The Hall–Kier alpha value is -0.440. The molecule has 0 spiro atoms. The molecule has 0 heterocycles. The van der Waals surface area contributed by atoms with Crippen molar-refractivity contribution in [3.05, 3.63) is 47.5 Å². The lowest BCUT2D eigenvalue weighted by atomic mass is 10.1. The molecule has 0 saturated carbocycles. The topological polar surface area (TPSA) is 12.0 Å². The highest BCUT2D eigenvalue weighted by molar-refractivity contribution is 7.98. The van der Waals surface area contributed by atoms with E-state index in [9.17, 15) is 0 Å². The van der Waals surface area contributed by atoms with E-state index in [1.54, 1.807) is 0 Å². The second kappa shape index (κ2) is 6.94. The maximum atomic E-state index is 5.75. The second-order valence-corrected chi connectivity index (χ2v) is 4.76. The van der Waals surface area contributed by atoms with Crippen LogP contribution in [0.25, 0.3) is 0 Å². The van der Waals surface area contributed by atoms with E-state index in [2.05, 4.69) is 42.4 Å². The summed E-state index contributed by atoms with van der Waals surface area (Å²) in [7, 11) is 0. The number of nitrogens with one attached hydrogen (secondary N) is 1. The summed E-state index contributed by atoms with van der Waals surface area (Å²) >= 11 is 7.57. The SMILES string of the molecule is C=C(Cl)CNC(CSC)c1ccccc1. The molecule has 0 bridgehead atoms. The molecule has 0 fully saturated rings. The summed E-state index contributed by atoms with van der Waals surface area (Å²) in [5, 5.41) is 4.03. The zero-order chi connectivity index (χ0) is 11.1. The van der Waals surface area contributed by atoms with Crippen LogP contribution in [0.1, 0.15) is 11.6 Å². The van der Waals surface area contributed by atoms with Crippen LogP contribution in [0, 0.1) is 0 Å².